The summed E-state index contributed by atoms with van der Waals surface area (Å²) in [7, 11) is -7.46. The maximum Gasteiger partial charge on any atom is 0.264 e. The van der Waals surface area contributed by atoms with Crippen LogP contribution >= 0.6 is 12.2 Å². The fourth-order valence-electron chi connectivity index (χ4n) is 3.61. The van der Waals surface area contributed by atoms with Crippen LogP contribution in [0, 0.1) is 13.8 Å². The Balaban J connectivity index is 1.36. The minimum absolute atomic E-state index is 0.00819. The average Bonchev–Trinajstić information content (AvgIpc) is 2.84. The number of nitrogens with zero attached hydrogens (tertiary/aromatic N) is 3. The lowest BCUT2D eigenvalue weighted by molar-refractivity contribution is 0.0730. The number of anilines is 3. The molecular formula is C23H26N6O5S3. The van der Waals surface area contributed by atoms with E-state index < -0.39 is 20.0 Å². The highest BCUT2D eigenvalue weighted by molar-refractivity contribution is 7.92. The van der Waals surface area contributed by atoms with Crippen molar-refractivity contribution in [1.29, 1.82) is 0 Å². The summed E-state index contributed by atoms with van der Waals surface area (Å²) in [6.07, 6.45) is 0. The molecule has 0 spiro atoms. The van der Waals surface area contributed by atoms with Crippen LogP contribution in [0.25, 0.3) is 0 Å². The zero-order valence-corrected chi connectivity index (χ0v) is 22.6. The number of thiocarbonyl (C=S) groups is 1. The van der Waals surface area contributed by atoms with Crippen molar-refractivity contribution >= 4 is 54.7 Å². The molecule has 196 valence electrons. The number of aryl methyl sites for hydroxylation is 2. The molecule has 37 heavy (non-hydrogen) atoms. The van der Waals surface area contributed by atoms with E-state index in [2.05, 4.69) is 25.3 Å². The molecule has 4 rings (SSSR count). The van der Waals surface area contributed by atoms with Gasteiger partial charge in [0.1, 0.15) is 0 Å². The van der Waals surface area contributed by atoms with Crippen molar-refractivity contribution in [2.75, 3.05) is 41.7 Å². The molecule has 1 fully saturated rings. The number of rotatable bonds is 7. The van der Waals surface area contributed by atoms with Gasteiger partial charge < -0.3 is 15.4 Å². The molecule has 2 aromatic carbocycles. The minimum atomic E-state index is -3.88. The van der Waals surface area contributed by atoms with Gasteiger partial charge in [-0.05, 0) is 80.7 Å². The number of hydrogen-bond donors (Lipinski definition) is 3. The second kappa shape index (κ2) is 11.1. The molecule has 14 heteroatoms. The Labute approximate surface area is 221 Å². The number of hydrogen-bond acceptors (Lipinski definition) is 8. The molecule has 2 heterocycles. The molecule has 1 saturated heterocycles. The van der Waals surface area contributed by atoms with Crippen molar-refractivity contribution in [3.8, 4) is 0 Å². The van der Waals surface area contributed by atoms with Crippen molar-refractivity contribution in [3.05, 3.63) is 66.0 Å². The van der Waals surface area contributed by atoms with E-state index in [1.807, 2.05) is 0 Å². The number of morpholine rings is 1. The third-order valence-electron chi connectivity index (χ3n) is 5.35. The first-order valence-electron chi connectivity index (χ1n) is 11.2. The molecule has 1 aromatic heterocycles. The van der Waals surface area contributed by atoms with Crippen LogP contribution in [0.1, 0.15) is 11.4 Å². The first-order valence-corrected chi connectivity index (χ1v) is 14.6. The van der Waals surface area contributed by atoms with Gasteiger partial charge in [0.25, 0.3) is 10.0 Å². The molecule has 3 aromatic rings. The maximum absolute atomic E-state index is 12.7. The van der Waals surface area contributed by atoms with Gasteiger partial charge in [-0.25, -0.2) is 31.5 Å². The summed E-state index contributed by atoms with van der Waals surface area (Å²) in [6, 6.07) is 14.0. The van der Waals surface area contributed by atoms with E-state index in [-0.39, 0.29) is 20.9 Å². The van der Waals surface area contributed by atoms with Gasteiger partial charge in [-0.2, -0.15) is 4.31 Å². The van der Waals surface area contributed by atoms with Crippen LogP contribution in [0.5, 0.6) is 0 Å². The normalized spacial score (nSPS) is 14.6. The van der Waals surface area contributed by atoms with E-state index in [0.29, 0.717) is 49.1 Å². The molecule has 0 atom stereocenters. The fourth-order valence-corrected chi connectivity index (χ4v) is 6.20. The molecule has 0 amide bonds. The second-order valence-corrected chi connectivity index (χ2v) is 12.3. The Hall–Kier alpha value is -3.17. The van der Waals surface area contributed by atoms with Crippen molar-refractivity contribution in [2.24, 2.45) is 0 Å². The van der Waals surface area contributed by atoms with Crippen molar-refractivity contribution in [3.63, 3.8) is 0 Å². The third-order valence-corrected chi connectivity index (χ3v) is 8.81. The van der Waals surface area contributed by atoms with Crippen LogP contribution in [0.3, 0.4) is 0 Å². The Bertz CT molecular complexity index is 1470. The van der Waals surface area contributed by atoms with Gasteiger partial charge in [-0.3, -0.25) is 0 Å². The first kappa shape index (κ1) is 26.9. The number of aromatic nitrogens is 2. The highest BCUT2D eigenvalue weighted by Crippen LogP contribution is 2.21. The van der Waals surface area contributed by atoms with Crippen molar-refractivity contribution < 1.29 is 21.6 Å². The van der Waals surface area contributed by atoms with Gasteiger partial charge in [-0.15, -0.1) is 0 Å². The summed E-state index contributed by atoms with van der Waals surface area (Å²) in [6.45, 7) is 4.92. The zero-order chi connectivity index (χ0) is 26.6. The number of ether oxygens (including phenoxy) is 1. The minimum Gasteiger partial charge on any atom is -0.379 e. The number of sulfonamides is 2. The molecule has 0 radical (unpaired) electrons. The van der Waals surface area contributed by atoms with Gasteiger partial charge in [0, 0.05) is 35.9 Å². The predicted octanol–water partition coefficient (Wildman–Crippen LogP) is 2.72. The highest BCUT2D eigenvalue weighted by Gasteiger charge is 2.26. The van der Waals surface area contributed by atoms with E-state index >= 15 is 0 Å². The molecule has 0 bridgehead atoms. The molecule has 0 unspecified atom stereocenters. The van der Waals surface area contributed by atoms with Crippen molar-refractivity contribution in [1.82, 2.24) is 14.3 Å². The largest absolute Gasteiger partial charge is 0.379 e. The first-order chi connectivity index (χ1) is 17.5. The lowest BCUT2D eigenvalue weighted by atomic mass is 10.3. The van der Waals surface area contributed by atoms with Gasteiger partial charge in [0.15, 0.2) is 5.11 Å². The molecule has 1 aliphatic heterocycles. The summed E-state index contributed by atoms with van der Waals surface area (Å²) in [5.41, 5.74) is 2.46. The molecule has 3 N–H and O–H groups in total. The van der Waals surface area contributed by atoms with Crippen molar-refractivity contribution in [2.45, 2.75) is 23.6 Å². The van der Waals surface area contributed by atoms with Gasteiger partial charge in [0.05, 0.1) is 23.0 Å². The maximum atomic E-state index is 12.7. The highest BCUT2D eigenvalue weighted by atomic mass is 32.2. The van der Waals surface area contributed by atoms with Crippen LogP contribution in [-0.2, 0) is 24.8 Å². The van der Waals surface area contributed by atoms with E-state index in [9.17, 15) is 16.8 Å². The molecule has 1 aliphatic rings. The Morgan fingerprint density at radius 3 is 1.84 bits per heavy atom. The van der Waals surface area contributed by atoms with E-state index in [1.165, 1.54) is 28.6 Å². The van der Waals surface area contributed by atoms with E-state index in [0.717, 1.165) is 0 Å². The second-order valence-electron chi connectivity index (χ2n) is 8.22. The fraction of sp³-hybridized carbons (Fsp3) is 0.261. The van der Waals surface area contributed by atoms with Crippen LogP contribution in [0.15, 0.2) is 64.4 Å². The smallest absolute Gasteiger partial charge is 0.264 e. The van der Waals surface area contributed by atoms with Crippen LogP contribution < -0.4 is 15.4 Å². The molecular weight excluding hydrogens is 536 g/mol. The number of benzene rings is 2. The lowest BCUT2D eigenvalue weighted by Crippen LogP contribution is -2.40. The van der Waals surface area contributed by atoms with Crippen LogP contribution in [0.2, 0.25) is 0 Å². The third kappa shape index (κ3) is 6.78. The summed E-state index contributed by atoms with van der Waals surface area (Å²) in [5, 5.41) is 6.20. The predicted molar refractivity (Wildman–Crippen MR) is 145 cm³/mol. The van der Waals surface area contributed by atoms with Gasteiger partial charge >= 0.3 is 0 Å². The molecule has 11 nitrogen and oxygen atoms in total. The van der Waals surface area contributed by atoms with Crippen LogP contribution in [-0.4, -0.2) is 62.5 Å². The monoisotopic (exact) mass is 562 g/mol. The summed E-state index contributed by atoms with van der Waals surface area (Å²) >= 11 is 5.33. The van der Waals surface area contributed by atoms with Crippen LogP contribution in [0.4, 0.5) is 17.3 Å². The number of nitrogens with one attached hydrogen (secondary N) is 3. The van der Waals surface area contributed by atoms with Gasteiger partial charge in [0.2, 0.25) is 16.0 Å². The quantitative estimate of drug-likeness (QED) is 0.368. The average molecular weight is 563 g/mol. The Kier molecular flexibility index (Phi) is 8.04. The molecule has 0 aliphatic carbocycles. The van der Waals surface area contributed by atoms with Gasteiger partial charge in [-0.1, -0.05) is 0 Å². The SMILES string of the molecule is Cc1cc(C)nc(NS(=O)(=O)c2ccc(NC(=S)Nc3ccc(S(=O)(=O)N4CCOCC4)cc3)cc2)n1. The lowest BCUT2D eigenvalue weighted by Gasteiger charge is -2.26. The Morgan fingerprint density at radius 1 is 0.838 bits per heavy atom. The topological polar surface area (TPSA) is 143 Å². The summed E-state index contributed by atoms with van der Waals surface area (Å²) in [5.74, 6) is 0.00819. The van der Waals surface area contributed by atoms with E-state index in [1.54, 1.807) is 44.2 Å². The summed E-state index contributed by atoms with van der Waals surface area (Å²) in [4.78, 5) is 8.44. The summed E-state index contributed by atoms with van der Waals surface area (Å²) < 4.78 is 59.9. The standard InChI is InChI=1S/C23H26N6O5S3/c1-16-15-17(2)25-22(24-16)28-36(30,31)20-7-3-18(4-8-20)26-23(35)27-19-5-9-21(10-6-19)37(32,33)29-11-13-34-14-12-29/h3-10,15H,11-14H2,1-2H3,(H,24,25,28)(H2,26,27,35). The Morgan fingerprint density at radius 2 is 1.32 bits per heavy atom. The molecule has 0 saturated carbocycles. The zero-order valence-electron chi connectivity index (χ0n) is 20.1. The van der Waals surface area contributed by atoms with E-state index in [4.69, 9.17) is 17.0 Å².